The molecule has 0 radical (unpaired) electrons. The summed E-state index contributed by atoms with van der Waals surface area (Å²) in [4.78, 5) is 15.2. The van der Waals surface area contributed by atoms with Crippen molar-refractivity contribution in [1.82, 2.24) is 10.3 Å². The number of aromatic amines is 1. The molecule has 0 aliphatic heterocycles. The van der Waals surface area contributed by atoms with Crippen molar-refractivity contribution in [3.05, 3.63) is 65.6 Å². The Kier molecular flexibility index (Phi) is 3.78. The van der Waals surface area contributed by atoms with E-state index in [1.165, 1.54) is 12.1 Å². The number of ether oxygens (including phenoxy) is 1. The van der Waals surface area contributed by atoms with Crippen LogP contribution in [0.25, 0.3) is 10.9 Å². The summed E-state index contributed by atoms with van der Waals surface area (Å²) in [5, 5.41) is 3.74. The first-order chi connectivity index (χ1) is 10.7. The summed E-state index contributed by atoms with van der Waals surface area (Å²) in [6, 6.07) is 13.4. The van der Waals surface area contributed by atoms with E-state index in [1.807, 2.05) is 18.2 Å². The molecule has 0 aliphatic carbocycles. The Morgan fingerprint density at radius 3 is 2.68 bits per heavy atom. The second-order valence-corrected chi connectivity index (χ2v) is 4.95. The maximum Gasteiger partial charge on any atom is 0.267 e. The summed E-state index contributed by atoms with van der Waals surface area (Å²) >= 11 is 0. The lowest BCUT2D eigenvalue weighted by Gasteiger charge is -2.03. The van der Waals surface area contributed by atoms with Gasteiger partial charge >= 0.3 is 0 Å². The molecule has 1 heterocycles. The molecule has 1 aromatic heterocycles. The van der Waals surface area contributed by atoms with Crippen molar-refractivity contribution >= 4 is 16.8 Å². The zero-order valence-electron chi connectivity index (χ0n) is 12.0. The van der Waals surface area contributed by atoms with Gasteiger partial charge in [-0.2, -0.15) is 0 Å². The van der Waals surface area contributed by atoms with Crippen LogP contribution in [-0.4, -0.2) is 18.0 Å². The van der Waals surface area contributed by atoms with Crippen molar-refractivity contribution in [2.45, 2.75) is 6.54 Å². The molecular weight excluding hydrogens is 283 g/mol. The number of benzene rings is 2. The summed E-state index contributed by atoms with van der Waals surface area (Å²) in [7, 11) is 1.60. The molecule has 5 heteroatoms. The highest BCUT2D eigenvalue weighted by Gasteiger charge is 2.09. The van der Waals surface area contributed by atoms with Crippen LogP contribution in [0.2, 0.25) is 0 Å². The molecule has 0 spiro atoms. The Bertz CT molecular complexity index is 809. The molecule has 3 rings (SSSR count). The first kappa shape index (κ1) is 14.1. The number of methoxy groups -OCH3 is 1. The van der Waals surface area contributed by atoms with E-state index in [0.717, 1.165) is 22.2 Å². The highest BCUT2D eigenvalue weighted by molar-refractivity contribution is 5.98. The molecule has 0 atom stereocenters. The van der Waals surface area contributed by atoms with Crippen LogP contribution >= 0.6 is 0 Å². The summed E-state index contributed by atoms with van der Waals surface area (Å²) in [5.41, 5.74) is 2.16. The Morgan fingerprint density at radius 1 is 1.18 bits per heavy atom. The second-order valence-electron chi connectivity index (χ2n) is 4.95. The number of rotatable bonds is 4. The number of hydrogen-bond acceptors (Lipinski definition) is 2. The fraction of sp³-hybridized carbons (Fsp3) is 0.118. The highest BCUT2D eigenvalue weighted by atomic mass is 19.1. The molecule has 1 amide bonds. The number of fused-ring (bicyclic) bond motifs is 1. The number of hydrogen-bond donors (Lipinski definition) is 2. The zero-order chi connectivity index (χ0) is 15.5. The molecule has 112 valence electrons. The molecule has 0 fully saturated rings. The minimum absolute atomic E-state index is 0.209. The van der Waals surface area contributed by atoms with E-state index in [0.29, 0.717) is 12.2 Å². The number of halogens is 1. The van der Waals surface area contributed by atoms with Crippen LogP contribution in [0.15, 0.2) is 48.5 Å². The van der Waals surface area contributed by atoms with Gasteiger partial charge in [-0.1, -0.05) is 12.1 Å². The summed E-state index contributed by atoms with van der Waals surface area (Å²) in [5.74, 6) is 0.228. The molecule has 3 aromatic rings. The molecular formula is C17H15FN2O2. The number of carbonyl (C=O) groups excluding carboxylic acids is 1. The van der Waals surface area contributed by atoms with Crippen molar-refractivity contribution in [1.29, 1.82) is 0 Å². The van der Waals surface area contributed by atoms with E-state index >= 15 is 0 Å². The molecule has 0 saturated carbocycles. The van der Waals surface area contributed by atoms with Crippen LogP contribution < -0.4 is 10.1 Å². The number of carbonyl (C=O) groups is 1. The van der Waals surface area contributed by atoms with Gasteiger partial charge in [0.15, 0.2) is 0 Å². The van der Waals surface area contributed by atoms with Crippen LogP contribution in [0.4, 0.5) is 4.39 Å². The lowest BCUT2D eigenvalue weighted by atomic mass is 10.2. The topological polar surface area (TPSA) is 54.1 Å². The minimum atomic E-state index is -0.292. The smallest absolute Gasteiger partial charge is 0.267 e. The van der Waals surface area contributed by atoms with Crippen LogP contribution in [0.1, 0.15) is 16.1 Å². The summed E-state index contributed by atoms with van der Waals surface area (Å²) in [6.07, 6.45) is 0. The van der Waals surface area contributed by atoms with Gasteiger partial charge in [0.2, 0.25) is 0 Å². The highest BCUT2D eigenvalue weighted by Crippen LogP contribution is 2.21. The van der Waals surface area contributed by atoms with Crippen molar-refractivity contribution in [3.8, 4) is 5.75 Å². The molecule has 4 nitrogen and oxygen atoms in total. The molecule has 0 unspecified atom stereocenters. The minimum Gasteiger partial charge on any atom is -0.497 e. The molecule has 22 heavy (non-hydrogen) atoms. The zero-order valence-corrected chi connectivity index (χ0v) is 12.0. The molecule has 0 aliphatic rings. The maximum absolute atomic E-state index is 12.8. The molecule has 2 aromatic carbocycles. The lowest BCUT2D eigenvalue weighted by molar-refractivity contribution is 0.0947. The van der Waals surface area contributed by atoms with Gasteiger partial charge in [0.1, 0.15) is 17.3 Å². The summed E-state index contributed by atoms with van der Waals surface area (Å²) < 4.78 is 18.0. The van der Waals surface area contributed by atoms with Gasteiger partial charge in [-0.05, 0) is 35.9 Å². The van der Waals surface area contributed by atoms with Gasteiger partial charge in [0.25, 0.3) is 5.91 Å². The Morgan fingerprint density at radius 2 is 1.95 bits per heavy atom. The Hall–Kier alpha value is -2.82. The monoisotopic (exact) mass is 298 g/mol. The fourth-order valence-corrected chi connectivity index (χ4v) is 2.24. The average Bonchev–Trinajstić information content (AvgIpc) is 2.97. The first-order valence-electron chi connectivity index (χ1n) is 6.85. The van der Waals surface area contributed by atoms with Gasteiger partial charge in [0.05, 0.1) is 7.11 Å². The van der Waals surface area contributed by atoms with Crippen LogP contribution in [0.5, 0.6) is 5.75 Å². The Labute approximate surface area is 126 Å². The first-order valence-corrected chi connectivity index (χ1v) is 6.85. The van der Waals surface area contributed by atoms with Crippen LogP contribution in [0.3, 0.4) is 0 Å². The van der Waals surface area contributed by atoms with E-state index in [-0.39, 0.29) is 11.7 Å². The van der Waals surface area contributed by atoms with Gasteiger partial charge < -0.3 is 15.0 Å². The number of amides is 1. The van der Waals surface area contributed by atoms with Gasteiger partial charge in [-0.15, -0.1) is 0 Å². The maximum atomic E-state index is 12.8. The fourth-order valence-electron chi connectivity index (χ4n) is 2.24. The Balaban J connectivity index is 1.73. The largest absolute Gasteiger partial charge is 0.497 e. The standard InChI is InChI=1S/C17H15FN2O2/c1-22-14-7-4-12-8-16(20-15(12)9-14)17(21)19-10-11-2-5-13(18)6-3-11/h2-9,20H,10H2,1H3,(H,19,21). The van der Waals surface area contributed by atoms with Gasteiger partial charge in [-0.3, -0.25) is 4.79 Å². The van der Waals surface area contributed by atoms with Gasteiger partial charge in [0, 0.05) is 23.5 Å². The normalized spacial score (nSPS) is 10.6. The van der Waals surface area contributed by atoms with E-state index in [9.17, 15) is 9.18 Å². The number of aromatic nitrogens is 1. The third kappa shape index (κ3) is 2.93. The second kappa shape index (κ2) is 5.89. The van der Waals surface area contributed by atoms with Crippen molar-refractivity contribution in [2.75, 3.05) is 7.11 Å². The third-order valence-electron chi connectivity index (χ3n) is 3.44. The predicted molar refractivity (Wildman–Crippen MR) is 82.4 cm³/mol. The van der Waals surface area contributed by atoms with Crippen molar-refractivity contribution < 1.29 is 13.9 Å². The van der Waals surface area contributed by atoms with Crippen molar-refractivity contribution in [3.63, 3.8) is 0 Å². The van der Waals surface area contributed by atoms with Crippen LogP contribution in [0, 0.1) is 5.82 Å². The van der Waals surface area contributed by atoms with E-state index in [2.05, 4.69) is 10.3 Å². The number of H-pyrrole nitrogens is 1. The summed E-state index contributed by atoms with van der Waals surface area (Å²) in [6.45, 7) is 0.345. The van der Waals surface area contributed by atoms with E-state index in [4.69, 9.17) is 4.74 Å². The van der Waals surface area contributed by atoms with Crippen molar-refractivity contribution in [2.24, 2.45) is 0 Å². The van der Waals surface area contributed by atoms with E-state index in [1.54, 1.807) is 25.3 Å². The quantitative estimate of drug-likeness (QED) is 0.777. The van der Waals surface area contributed by atoms with Gasteiger partial charge in [-0.25, -0.2) is 4.39 Å². The van der Waals surface area contributed by atoms with E-state index < -0.39 is 0 Å². The average molecular weight is 298 g/mol. The predicted octanol–water partition coefficient (Wildman–Crippen LogP) is 3.25. The van der Waals surface area contributed by atoms with Crippen LogP contribution in [-0.2, 0) is 6.54 Å². The molecule has 0 saturated heterocycles. The SMILES string of the molecule is COc1ccc2cc(C(=O)NCc3ccc(F)cc3)[nH]c2c1. The number of nitrogens with one attached hydrogen (secondary N) is 2. The lowest BCUT2D eigenvalue weighted by Crippen LogP contribution is -2.23. The molecule has 0 bridgehead atoms. The molecule has 2 N–H and O–H groups in total. The third-order valence-corrected chi connectivity index (χ3v) is 3.44.